The van der Waals surface area contributed by atoms with E-state index >= 15 is 0 Å². The molecule has 0 saturated carbocycles. The fraction of sp³-hybridized carbons (Fsp3) is 0.200. The molecule has 1 heterocycles. The summed E-state index contributed by atoms with van der Waals surface area (Å²) in [5.74, 6) is -0.369. The minimum absolute atomic E-state index is 0.172. The van der Waals surface area contributed by atoms with E-state index < -0.39 is 5.91 Å². The number of halogens is 2. The zero-order valence-electron chi connectivity index (χ0n) is 12.2. The van der Waals surface area contributed by atoms with Crippen molar-refractivity contribution in [2.75, 3.05) is 20.2 Å². The molecule has 23 heavy (non-hydrogen) atoms. The van der Waals surface area contributed by atoms with Gasteiger partial charge in [-0.2, -0.15) is 0 Å². The summed E-state index contributed by atoms with van der Waals surface area (Å²) in [4.78, 5) is 24.6. The molecule has 0 aliphatic heterocycles. The van der Waals surface area contributed by atoms with Crippen molar-refractivity contribution >= 4 is 46.4 Å². The molecule has 1 aromatic carbocycles. The molecule has 122 valence electrons. The number of hydrogen-bond acceptors (Lipinski definition) is 4. The van der Waals surface area contributed by atoms with E-state index in [1.807, 2.05) is 5.38 Å². The average molecular weight is 373 g/mol. The first-order chi connectivity index (χ1) is 11.0. The van der Waals surface area contributed by atoms with E-state index in [9.17, 15) is 9.59 Å². The number of benzene rings is 1. The van der Waals surface area contributed by atoms with E-state index in [0.29, 0.717) is 16.4 Å². The van der Waals surface area contributed by atoms with Crippen LogP contribution < -0.4 is 15.4 Å². The first-order valence-electron chi connectivity index (χ1n) is 6.66. The van der Waals surface area contributed by atoms with Crippen LogP contribution in [0.3, 0.4) is 0 Å². The van der Waals surface area contributed by atoms with Crippen LogP contribution in [0.4, 0.5) is 0 Å². The predicted octanol–water partition coefficient (Wildman–Crippen LogP) is 3.22. The second-order valence-electron chi connectivity index (χ2n) is 4.43. The summed E-state index contributed by atoms with van der Waals surface area (Å²) in [6.07, 6.45) is 0. The minimum atomic E-state index is -0.417. The van der Waals surface area contributed by atoms with Crippen molar-refractivity contribution in [1.29, 1.82) is 0 Å². The van der Waals surface area contributed by atoms with E-state index in [1.165, 1.54) is 24.5 Å². The third kappa shape index (κ3) is 4.37. The van der Waals surface area contributed by atoms with Crippen LogP contribution in [0.25, 0.3) is 0 Å². The standard InChI is InChI=1S/C15H14Cl2N2O3S/c1-22-13-10(17)5-4-9(16)12(13)15(21)19-7-6-18-14(20)11-3-2-8-23-11/h2-5,8H,6-7H2,1H3,(H,18,20)(H,19,21). The Morgan fingerprint density at radius 3 is 2.35 bits per heavy atom. The molecule has 0 spiro atoms. The monoisotopic (exact) mass is 372 g/mol. The molecule has 0 fully saturated rings. The van der Waals surface area contributed by atoms with Gasteiger partial charge in [-0.05, 0) is 23.6 Å². The molecule has 0 unspecified atom stereocenters. The van der Waals surface area contributed by atoms with Crippen LogP contribution in [0, 0.1) is 0 Å². The maximum Gasteiger partial charge on any atom is 0.261 e. The fourth-order valence-electron chi connectivity index (χ4n) is 1.88. The molecule has 1 aromatic heterocycles. The van der Waals surface area contributed by atoms with Crippen LogP contribution in [-0.2, 0) is 0 Å². The molecule has 0 atom stereocenters. The lowest BCUT2D eigenvalue weighted by Crippen LogP contribution is -2.34. The maximum atomic E-state index is 12.2. The number of carbonyl (C=O) groups excluding carboxylic acids is 2. The highest BCUT2D eigenvalue weighted by Gasteiger charge is 2.19. The van der Waals surface area contributed by atoms with Crippen LogP contribution in [0.2, 0.25) is 10.0 Å². The van der Waals surface area contributed by atoms with Crippen molar-refractivity contribution in [3.8, 4) is 5.75 Å². The van der Waals surface area contributed by atoms with Gasteiger partial charge < -0.3 is 15.4 Å². The molecule has 2 amide bonds. The Balaban J connectivity index is 1.91. The number of amides is 2. The first-order valence-corrected chi connectivity index (χ1v) is 8.30. The topological polar surface area (TPSA) is 67.4 Å². The quantitative estimate of drug-likeness (QED) is 0.764. The summed E-state index contributed by atoms with van der Waals surface area (Å²) >= 11 is 13.4. The third-order valence-electron chi connectivity index (χ3n) is 2.93. The Bertz CT molecular complexity index is 705. The summed E-state index contributed by atoms with van der Waals surface area (Å²) in [5.41, 5.74) is 0.172. The molecular weight excluding hydrogens is 359 g/mol. The molecule has 2 aromatic rings. The van der Waals surface area contributed by atoms with Crippen molar-refractivity contribution in [2.24, 2.45) is 0 Å². The van der Waals surface area contributed by atoms with Gasteiger partial charge in [-0.3, -0.25) is 9.59 Å². The van der Waals surface area contributed by atoms with Gasteiger partial charge in [0.2, 0.25) is 0 Å². The lowest BCUT2D eigenvalue weighted by molar-refractivity contribution is 0.0928. The highest BCUT2D eigenvalue weighted by atomic mass is 35.5. The highest BCUT2D eigenvalue weighted by Crippen LogP contribution is 2.33. The van der Waals surface area contributed by atoms with Crippen molar-refractivity contribution in [2.45, 2.75) is 0 Å². The smallest absolute Gasteiger partial charge is 0.261 e. The van der Waals surface area contributed by atoms with Gasteiger partial charge in [0, 0.05) is 13.1 Å². The number of thiophene rings is 1. The summed E-state index contributed by atoms with van der Waals surface area (Å²) < 4.78 is 5.13. The number of carbonyl (C=O) groups is 2. The van der Waals surface area contributed by atoms with Crippen LogP contribution in [0.5, 0.6) is 5.75 Å². The van der Waals surface area contributed by atoms with Crippen LogP contribution in [0.1, 0.15) is 20.0 Å². The SMILES string of the molecule is COc1c(Cl)ccc(Cl)c1C(=O)NCCNC(=O)c1cccs1. The summed E-state index contributed by atoms with van der Waals surface area (Å²) in [6, 6.07) is 6.62. The number of hydrogen-bond donors (Lipinski definition) is 2. The van der Waals surface area contributed by atoms with Gasteiger partial charge in [0.05, 0.1) is 22.0 Å². The van der Waals surface area contributed by atoms with Gasteiger partial charge in [-0.15, -0.1) is 11.3 Å². The highest BCUT2D eigenvalue weighted by molar-refractivity contribution is 7.12. The molecule has 0 saturated heterocycles. The van der Waals surface area contributed by atoms with Gasteiger partial charge in [0.1, 0.15) is 5.56 Å². The molecule has 2 rings (SSSR count). The molecule has 8 heteroatoms. The molecule has 0 aliphatic rings. The summed E-state index contributed by atoms with van der Waals surface area (Å²) in [5, 5.41) is 7.75. The first kappa shape index (κ1) is 17.6. The minimum Gasteiger partial charge on any atom is -0.494 e. The zero-order valence-corrected chi connectivity index (χ0v) is 14.5. The Labute approximate surface area is 147 Å². The van der Waals surface area contributed by atoms with Crippen molar-refractivity contribution in [3.05, 3.63) is 50.1 Å². The molecular formula is C15H14Cl2N2O3S. The van der Waals surface area contributed by atoms with Crippen LogP contribution >= 0.6 is 34.5 Å². The number of rotatable bonds is 6. The van der Waals surface area contributed by atoms with E-state index in [4.69, 9.17) is 27.9 Å². The predicted molar refractivity (Wildman–Crippen MR) is 92.0 cm³/mol. The van der Waals surface area contributed by atoms with Crippen LogP contribution in [0.15, 0.2) is 29.6 Å². The summed E-state index contributed by atoms with van der Waals surface area (Å²) in [7, 11) is 1.41. The number of nitrogens with one attached hydrogen (secondary N) is 2. The second-order valence-corrected chi connectivity index (χ2v) is 6.19. The van der Waals surface area contributed by atoms with Crippen molar-refractivity contribution < 1.29 is 14.3 Å². The van der Waals surface area contributed by atoms with Gasteiger partial charge >= 0.3 is 0 Å². The van der Waals surface area contributed by atoms with E-state index in [1.54, 1.807) is 18.2 Å². The average Bonchev–Trinajstić information content (AvgIpc) is 3.07. The third-order valence-corrected chi connectivity index (χ3v) is 4.41. The molecule has 2 N–H and O–H groups in total. The Kier molecular flexibility index (Phi) is 6.27. The van der Waals surface area contributed by atoms with E-state index in [-0.39, 0.29) is 28.8 Å². The van der Waals surface area contributed by atoms with Crippen molar-refractivity contribution in [1.82, 2.24) is 10.6 Å². The largest absolute Gasteiger partial charge is 0.494 e. The molecule has 0 radical (unpaired) electrons. The number of methoxy groups -OCH3 is 1. The maximum absolute atomic E-state index is 12.2. The van der Waals surface area contributed by atoms with Crippen LogP contribution in [-0.4, -0.2) is 32.0 Å². The Morgan fingerprint density at radius 2 is 1.74 bits per heavy atom. The van der Waals surface area contributed by atoms with E-state index in [0.717, 1.165) is 0 Å². The van der Waals surface area contributed by atoms with Gasteiger partial charge in [-0.1, -0.05) is 29.3 Å². The van der Waals surface area contributed by atoms with E-state index in [2.05, 4.69) is 10.6 Å². The lowest BCUT2D eigenvalue weighted by atomic mass is 10.2. The Hall–Kier alpha value is -1.76. The molecule has 5 nitrogen and oxygen atoms in total. The summed E-state index contributed by atoms with van der Waals surface area (Å²) in [6.45, 7) is 0.547. The van der Waals surface area contributed by atoms with Gasteiger partial charge in [0.15, 0.2) is 5.75 Å². The molecule has 0 aliphatic carbocycles. The lowest BCUT2D eigenvalue weighted by Gasteiger charge is -2.12. The Morgan fingerprint density at radius 1 is 1.09 bits per heavy atom. The van der Waals surface area contributed by atoms with Gasteiger partial charge in [0.25, 0.3) is 11.8 Å². The fourth-order valence-corrected chi connectivity index (χ4v) is 2.99. The zero-order chi connectivity index (χ0) is 16.8. The number of ether oxygens (including phenoxy) is 1. The normalized spacial score (nSPS) is 10.2. The molecule has 0 bridgehead atoms. The van der Waals surface area contributed by atoms with Crippen molar-refractivity contribution in [3.63, 3.8) is 0 Å². The second kappa shape index (κ2) is 8.19. The van der Waals surface area contributed by atoms with Gasteiger partial charge in [-0.25, -0.2) is 0 Å².